The molecule has 0 aliphatic rings. The number of hydrogen-bond acceptors (Lipinski definition) is 2. The van der Waals surface area contributed by atoms with Crippen LogP contribution in [0.5, 0.6) is 0 Å². The molecule has 0 bridgehead atoms. The molecule has 0 aliphatic heterocycles. The first-order valence-electron chi connectivity index (χ1n) is 6.51. The van der Waals surface area contributed by atoms with E-state index in [-0.39, 0.29) is 0 Å². The van der Waals surface area contributed by atoms with Crippen LogP contribution in [0.2, 0.25) is 0 Å². The highest BCUT2D eigenvalue weighted by molar-refractivity contribution is 7.10. The van der Waals surface area contributed by atoms with E-state index in [2.05, 4.69) is 67.9 Å². The van der Waals surface area contributed by atoms with Gasteiger partial charge in [-0.3, -0.25) is 0 Å². The van der Waals surface area contributed by atoms with Crippen molar-refractivity contribution in [2.75, 3.05) is 6.54 Å². The molecule has 0 radical (unpaired) electrons. The van der Waals surface area contributed by atoms with Gasteiger partial charge in [0.25, 0.3) is 0 Å². The summed E-state index contributed by atoms with van der Waals surface area (Å²) in [6.45, 7) is 7.72. The maximum atomic E-state index is 3.63. The van der Waals surface area contributed by atoms with Crippen molar-refractivity contribution < 1.29 is 0 Å². The molecule has 0 saturated carbocycles. The molecule has 0 saturated heterocycles. The lowest BCUT2D eigenvalue weighted by Gasteiger charge is -2.18. The largest absolute Gasteiger partial charge is 0.309 e. The lowest BCUT2D eigenvalue weighted by molar-refractivity contribution is 0.541. The van der Waals surface area contributed by atoms with Crippen LogP contribution in [0.25, 0.3) is 0 Å². The predicted molar refractivity (Wildman–Crippen MR) is 80.3 cm³/mol. The maximum absolute atomic E-state index is 3.63. The topological polar surface area (TPSA) is 12.0 Å². The quantitative estimate of drug-likeness (QED) is 0.833. The van der Waals surface area contributed by atoms with Crippen molar-refractivity contribution >= 4 is 11.3 Å². The second-order valence-electron chi connectivity index (χ2n) is 4.91. The summed E-state index contributed by atoms with van der Waals surface area (Å²) in [6, 6.07) is 13.3. The minimum absolute atomic E-state index is 0.441. The highest BCUT2D eigenvalue weighted by atomic mass is 32.1. The van der Waals surface area contributed by atoms with Gasteiger partial charge in [-0.15, -0.1) is 11.3 Å². The Morgan fingerprint density at radius 1 is 1.11 bits per heavy atom. The molecule has 2 unspecified atom stereocenters. The molecule has 0 spiro atoms. The van der Waals surface area contributed by atoms with Crippen LogP contribution >= 0.6 is 11.3 Å². The fourth-order valence-corrected chi connectivity index (χ4v) is 3.13. The van der Waals surface area contributed by atoms with E-state index >= 15 is 0 Å². The molecule has 1 aromatic carbocycles. The smallest absolute Gasteiger partial charge is 0.0388 e. The first-order valence-corrected chi connectivity index (χ1v) is 7.38. The van der Waals surface area contributed by atoms with Crippen LogP contribution in [0.1, 0.15) is 41.8 Å². The van der Waals surface area contributed by atoms with Crippen LogP contribution in [0.15, 0.2) is 41.8 Å². The highest BCUT2D eigenvalue weighted by Crippen LogP contribution is 2.24. The Bertz CT molecular complexity index is 475. The van der Waals surface area contributed by atoms with Gasteiger partial charge >= 0.3 is 0 Å². The highest BCUT2D eigenvalue weighted by Gasteiger charge is 2.11. The van der Waals surface area contributed by atoms with Gasteiger partial charge in [-0.2, -0.15) is 0 Å². The second kappa shape index (κ2) is 6.17. The zero-order chi connectivity index (χ0) is 13.0. The van der Waals surface area contributed by atoms with Crippen LogP contribution < -0.4 is 5.32 Å². The van der Waals surface area contributed by atoms with Gasteiger partial charge < -0.3 is 5.32 Å². The van der Waals surface area contributed by atoms with E-state index in [1.54, 1.807) is 0 Å². The molecule has 1 N–H and O–H groups in total. The molecule has 0 fully saturated rings. The average molecular weight is 259 g/mol. The number of benzene rings is 1. The normalized spacial score (nSPS) is 14.4. The minimum Gasteiger partial charge on any atom is -0.309 e. The monoisotopic (exact) mass is 259 g/mol. The third kappa shape index (κ3) is 3.21. The van der Waals surface area contributed by atoms with Gasteiger partial charge in [0.1, 0.15) is 0 Å². The van der Waals surface area contributed by atoms with E-state index in [1.807, 2.05) is 11.3 Å². The van der Waals surface area contributed by atoms with Gasteiger partial charge in [0, 0.05) is 17.5 Å². The van der Waals surface area contributed by atoms with Crippen molar-refractivity contribution in [2.45, 2.75) is 32.7 Å². The number of rotatable bonds is 5. The molecule has 18 heavy (non-hydrogen) atoms. The van der Waals surface area contributed by atoms with E-state index < -0.39 is 0 Å². The average Bonchev–Trinajstić information content (AvgIpc) is 2.83. The summed E-state index contributed by atoms with van der Waals surface area (Å²) in [6.07, 6.45) is 0. The summed E-state index contributed by atoms with van der Waals surface area (Å²) in [7, 11) is 0. The van der Waals surface area contributed by atoms with E-state index in [4.69, 9.17) is 0 Å². The third-order valence-electron chi connectivity index (χ3n) is 3.39. The van der Waals surface area contributed by atoms with Crippen molar-refractivity contribution in [3.8, 4) is 0 Å². The first-order chi connectivity index (χ1) is 8.68. The summed E-state index contributed by atoms with van der Waals surface area (Å²) < 4.78 is 0. The van der Waals surface area contributed by atoms with Crippen LogP contribution in [0, 0.1) is 6.92 Å². The maximum Gasteiger partial charge on any atom is 0.0388 e. The fourth-order valence-electron chi connectivity index (χ4n) is 2.17. The Morgan fingerprint density at radius 3 is 2.44 bits per heavy atom. The van der Waals surface area contributed by atoms with Crippen molar-refractivity contribution in [3.63, 3.8) is 0 Å². The van der Waals surface area contributed by atoms with E-state index in [1.165, 1.54) is 16.0 Å². The summed E-state index contributed by atoms with van der Waals surface area (Å²) in [5.41, 5.74) is 2.80. The van der Waals surface area contributed by atoms with Crippen LogP contribution in [-0.2, 0) is 0 Å². The summed E-state index contributed by atoms with van der Waals surface area (Å²) in [4.78, 5) is 1.45. The summed E-state index contributed by atoms with van der Waals surface area (Å²) in [5.74, 6) is 0.550. The molecule has 2 heteroatoms. The number of thiophene rings is 1. The number of aryl methyl sites for hydroxylation is 1. The summed E-state index contributed by atoms with van der Waals surface area (Å²) >= 11 is 1.84. The zero-order valence-electron chi connectivity index (χ0n) is 11.3. The number of nitrogens with one attached hydrogen (secondary N) is 1. The Morgan fingerprint density at radius 2 is 1.83 bits per heavy atom. The van der Waals surface area contributed by atoms with Crippen LogP contribution in [0.3, 0.4) is 0 Å². The second-order valence-corrected chi connectivity index (χ2v) is 5.86. The Kier molecular flexibility index (Phi) is 4.56. The minimum atomic E-state index is 0.441. The molecule has 2 aromatic rings. The summed E-state index contributed by atoms with van der Waals surface area (Å²) in [5, 5.41) is 5.80. The fraction of sp³-hybridized carbons (Fsp3) is 0.375. The van der Waals surface area contributed by atoms with Crippen LogP contribution in [0.4, 0.5) is 0 Å². The molecule has 2 rings (SSSR count). The molecule has 1 aromatic heterocycles. The zero-order valence-corrected chi connectivity index (χ0v) is 12.1. The molecular formula is C16H21NS. The Balaban J connectivity index is 1.90. The Labute approximate surface area is 114 Å². The molecule has 1 heterocycles. The van der Waals surface area contributed by atoms with Crippen molar-refractivity contribution in [1.82, 2.24) is 5.32 Å². The van der Waals surface area contributed by atoms with Crippen molar-refractivity contribution in [2.24, 2.45) is 0 Å². The van der Waals surface area contributed by atoms with Gasteiger partial charge in [-0.05, 0) is 42.3 Å². The number of hydrogen-bond donors (Lipinski definition) is 1. The van der Waals surface area contributed by atoms with Gasteiger partial charge in [0.2, 0.25) is 0 Å². The van der Waals surface area contributed by atoms with Gasteiger partial charge in [-0.1, -0.05) is 37.3 Å². The molecular weight excluding hydrogens is 238 g/mol. The van der Waals surface area contributed by atoms with Gasteiger partial charge in [0.05, 0.1) is 0 Å². The van der Waals surface area contributed by atoms with Crippen molar-refractivity contribution in [1.29, 1.82) is 0 Å². The van der Waals surface area contributed by atoms with Gasteiger partial charge in [0.15, 0.2) is 0 Å². The van der Waals surface area contributed by atoms with Gasteiger partial charge in [-0.25, -0.2) is 0 Å². The predicted octanol–water partition coefficient (Wildman–Crippen LogP) is 4.51. The van der Waals surface area contributed by atoms with E-state index in [9.17, 15) is 0 Å². The Hall–Kier alpha value is -1.12. The molecule has 96 valence electrons. The lowest BCUT2D eigenvalue weighted by atomic mass is 10.0. The SMILES string of the molecule is Cc1ccsc1C(C)NCC(C)c1ccccc1. The molecule has 0 aliphatic carbocycles. The van der Waals surface area contributed by atoms with Crippen LogP contribution in [-0.4, -0.2) is 6.54 Å². The van der Waals surface area contributed by atoms with E-state index in [0.717, 1.165) is 6.54 Å². The standard InChI is InChI=1S/C16H21NS/c1-12-9-10-18-16(12)14(3)17-11-13(2)15-7-5-4-6-8-15/h4-10,13-14,17H,11H2,1-3H3. The third-order valence-corrected chi connectivity index (χ3v) is 4.60. The molecule has 2 atom stereocenters. The molecule has 1 nitrogen and oxygen atoms in total. The van der Waals surface area contributed by atoms with Crippen molar-refractivity contribution in [3.05, 3.63) is 57.8 Å². The van der Waals surface area contributed by atoms with E-state index in [0.29, 0.717) is 12.0 Å². The first kappa shape index (κ1) is 13.3. The lowest BCUT2D eigenvalue weighted by Crippen LogP contribution is -2.23. The molecule has 0 amide bonds.